The third-order valence-electron chi connectivity index (χ3n) is 2.61. The third-order valence-corrected chi connectivity index (χ3v) is 2.61. The zero-order chi connectivity index (χ0) is 10.4. The van der Waals surface area contributed by atoms with E-state index in [4.69, 9.17) is 9.84 Å². The van der Waals surface area contributed by atoms with Crippen LogP contribution in [0.2, 0.25) is 0 Å². The molecule has 1 rings (SSSR count). The van der Waals surface area contributed by atoms with Crippen LogP contribution in [0.25, 0.3) is 0 Å². The van der Waals surface area contributed by atoms with Crippen LogP contribution in [0.5, 0.6) is 0 Å². The molecule has 2 atom stereocenters. The Kier molecular flexibility index (Phi) is 4.90. The number of rotatable bonds is 4. The fourth-order valence-corrected chi connectivity index (χ4v) is 1.83. The first-order valence-electron chi connectivity index (χ1n) is 5.21. The molecule has 0 aromatic rings. The molecule has 0 aliphatic carbocycles. The molecule has 1 aliphatic heterocycles. The van der Waals surface area contributed by atoms with Gasteiger partial charge in [0.2, 0.25) is 5.91 Å². The zero-order valence-corrected chi connectivity index (χ0v) is 8.66. The number of carbonyl (C=O) groups excluding carboxylic acids is 1. The van der Waals surface area contributed by atoms with Crippen LogP contribution in [-0.2, 0) is 9.53 Å². The second kappa shape index (κ2) is 5.98. The van der Waals surface area contributed by atoms with Gasteiger partial charge in [-0.3, -0.25) is 4.79 Å². The molecule has 1 fully saturated rings. The van der Waals surface area contributed by atoms with Gasteiger partial charge in [-0.05, 0) is 32.1 Å². The van der Waals surface area contributed by atoms with Crippen LogP contribution in [-0.4, -0.2) is 36.9 Å². The standard InChI is InChI=1S/C10H19NO3/c1-8-6-9(3-5-14-8)2-4-11-10(13)7-12/h8-9,12H,2-7H2,1H3,(H,11,13). The number of aliphatic hydroxyl groups is 1. The molecule has 0 saturated carbocycles. The summed E-state index contributed by atoms with van der Waals surface area (Å²) in [7, 11) is 0. The Labute approximate surface area is 84.6 Å². The second-order valence-corrected chi connectivity index (χ2v) is 3.87. The zero-order valence-electron chi connectivity index (χ0n) is 8.66. The molecule has 4 nitrogen and oxygen atoms in total. The molecule has 82 valence electrons. The van der Waals surface area contributed by atoms with Crippen LogP contribution in [0.3, 0.4) is 0 Å². The molecular formula is C10H19NO3. The van der Waals surface area contributed by atoms with Gasteiger partial charge in [0.25, 0.3) is 0 Å². The molecule has 4 heteroatoms. The van der Waals surface area contributed by atoms with Crippen molar-refractivity contribution in [2.24, 2.45) is 5.92 Å². The summed E-state index contributed by atoms with van der Waals surface area (Å²) in [4.78, 5) is 10.7. The summed E-state index contributed by atoms with van der Waals surface area (Å²) >= 11 is 0. The predicted molar refractivity (Wildman–Crippen MR) is 52.9 cm³/mol. The van der Waals surface area contributed by atoms with Crippen LogP contribution in [0.1, 0.15) is 26.2 Å². The highest BCUT2D eigenvalue weighted by molar-refractivity contribution is 5.76. The van der Waals surface area contributed by atoms with E-state index < -0.39 is 6.61 Å². The van der Waals surface area contributed by atoms with E-state index in [1.807, 2.05) is 0 Å². The monoisotopic (exact) mass is 201 g/mol. The smallest absolute Gasteiger partial charge is 0.245 e. The van der Waals surface area contributed by atoms with E-state index in [0.717, 1.165) is 25.9 Å². The van der Waals surface area contributed by atoms with Crippen molar-refractivity contribution in [3.05, 3.63) is 0 Å². The van der Waals surface area contributed by atoms with Crippen molar-refractivity contribution in [3.8, 4) is 0 Å². The quantitative estimate of drug-likeness (QED) is 0.687. The van der Waals surface area contributed by atoms with Crippen molar-refractivity contribution >= 4 is 5.91 Å². The van der Waals surface area contributed by atoms with Crippen LogP contribution in [0, 0.1) is 5.92 Å². The largest absolute Gasteiger partial charge is 0.387 e. The summed E-state index contributed by atoms with van der Waals surface area (Å²) in [5.74, 6) is 0.364. The van der Waals surface area contributed by atoms with E-state index in [0.29, 0.717) is 18.6 Å². The fourth-order valence-electron chi connectivity index (χ4n) is 1.83. The molecule has 1 aliphatic rings. The lowest BCUT2D eigenvalue weighted by molar-refractivity contribution is -0.123. The molecule has 0 aromatic heterocycles. The molecule has 0 aromatic carbocycles. The van der Waals surface area contributed by atoms with E-state index in [1.54, 1.807) is 0 Å². The van der Waals surface area contributed by atoms with Gasteiger partial charge in [-0.1, -0.05) is 0 Å². The maximum absolute atomic E-state index is 10.7. The number of hydrogen-bond acceptors (Lipinski definition) is 3. The maximum Gasteiger partial charge on any atom is 0.245 e. The summed E-state index contributed by atoms with van der Waals surface area (Å²) in [5.41, 5.74) is 0. The van der Waals surface area contributed by atoms with Gasteiger partial charge in [-0.2, -0.15) is 0 Å². The molecule has 1 saturated heterocycles. The fraction of sp³-hybridized carbons (Fsp3) is 0.900. The number of hydrogen-bond donors (Lipinski definition) is 2. The van der Waals surface area contributed by atoms with Crippen molar-refractivity contribution < 1.29 is 14.6 Å². The molecule has 0 radical (unpaired) electrons. The third kappa shape index (κ3) is 4.07. The lowest BCUT2D eigenvalue weighted by atomic mass is 9.93. The first-order chi connectivity index (χ1) is 6.72. The minimum Gasteiger partial charge on any atom is -0.387 e. The van der Waals surface area contributed by atoms with Crippen LogP contribution in [0.4, 0.5) is 0 Å². The van der Waals surface area contributed by atoms with Crippen molar-refractivity contribution in [1.82, 2.24) is 5.32 Å². The van der Waals surface area contributed by atoms with Gasteiger partial charge in [0.05, 0.1) is 6.10 Å². The molecule has 2 unspecified atom stereocenters. The highest BCUT2D eigenvalue weighted by atomic mass is 16.5. The molecule has 0 bridgehead atoms. The Morgan fingerprint density at radius 3 is 3.07 bits per heavy atom. The average molecular weight is 201 g/mol. The summed E-state index contributed by atoms with van der Waals surface area (Å²) < 4.78 is 5.43. The van der Waals surface area contributed by atoms with Gasteiger partial charge in [0, 0.05) is 13.2 Å². The maximum atomic E-state index is 10.7. The SMILES string of the molecule is CC1CC(CCNC(=O)CO)CCO1. The lowest BCUT2D eigenvalue weighted by Crippen LogP contribution is -2.30. The highest BCUT2D eigenvalue weighted by Gasteiger charge is 2.18. The first kappa shape index (κ1) is 11.5. The van der Waals surface area contributed by atoms with Gasteiger partial charge < -0.3 is 15.2 Å². The van der Waals surface area contributed by atoms with Gasteiger partial charge in [-0.25, -0.2) is 0 Å². The topological polar surface area (TPSA) is 58.6 Å². The van der Waals surface area contributed by atoms with Gasteiger partial charge in [-0.15, -0.1) is 0 Å². The van der Waals surface area contributed by atoms with E-state index in [9.17, 15) is 4.79 Å². The van der Waals surface area contributed by atoms with E-state index in [-0.39, 0.29) is 5.91 Å². The number of carbonyl (C=O) groups is 1. The van der Waals surface area contributed by atoms with Crippen molar-refractivity contribution in [3.63, 3.8) is 0 Å². The predicted octanol–water partition coefficient (Wildman–Crippen LogP) is 0.300. The summed E-state index contributed by atoms with van der Waals surface area (Å²) in [6, 6.07) is 0. The minimum atomic E-state index is -0.413. The second-order valence-electron chi connectivity index (χ2n) is 3.87. The molecular weight excluding hydrogens is 182 g/mol. The van der Waals surface area contributed by atoms with Gasteiger partial charge in [0.1, 0.15) is 6.61 Å². The molecule has 14 heavy (non-hydrogen) atoms. The number of ether oxygens (including phenoxy) is 1. The number of aliphatic hydroxyl groups excluding tert-OH is 1. The first-order valence-corrected chi connectivity index (χ1v) is 5.21. The minimum absolute atomic E-state index is 0.287. The lowest BCUT2D eigenvalue weighted by Gasteiger charge is -2.27. The summed E-state index contributed by atoms with van der Waals surface area (Å²) in [6.07, 6.45) is 3.50. The van der Waals surface area contributed by atoms with Crippen molar-refractivity contribution in [2.45, 2.75) is 32.3 Å². The molecule has 2 N–H and O–H groups in total. The molecule has 1 amide bonds. The van der Waals surface area contributed by atoms with E-state index >= 15 is 0 Å². The average Bonchev–Trinajstić information content (AvgIpc) is 2.17. The van der Waals surface area contributed by atoms with Gasteiger partial charge >= 0.3 is 0 Å². The Morgan fingerprint density at radius 1 is 1.64 bits per heavy atom. The molecule has 1 heterocycles. The summed E-state index contributed by atoms with van der Waals surface area (Å²) in [5, 5.41) is 11.1. The van der Waals surface area contributed by atoms with Crippen LogP contribution >= 0.6 is 0 Å². The van der Waals surface area contributed by atoms with E-state index in [2.05, 4.69) is 12.2 Å². The normalized spacial score (nSPS) is 27.3. The molecule has 0 spiro atoms. The van der Waals surface area contributed by atoms with Crippen LogP contribution in [0.15, 0.2) is 0 Å². The summed E-state index contributed by atoms with van der Waals surface area (Å²) in [6.45, 7) is 3.17. The Bertz CT molecular complexity index is 184. The van der Waals surface area contributed by atoms with Gasteiger partial charge in [0.15, 0.2) is 0 Å². The van der Waals surface area contributed by atoms with Crippen molar-refractivity contribution in [2.75, 3.05) is 19.8 Å². The highest BCUT2D eigenvalue weighted by Crippen LogP contribution is 2.22. The Morgan fingerprint density at radius 2 is 2.43 bits per heavy atom. The van der Waals surface area contributed by atoms with E-state index in [1.165, 1.54) is 0 Å². The van der Waals surface area contributed by atoms with Crippen LogP contribution < -0.4 is 5.32 Å². The van der Waals surface area contributed by atoms with Crippen molar-refractivity contribution in [1.29, 1.82) is 0 Å². The number of nitrogens with one attached hydrogen (secondary N) is 1. The Hall–Kier alpha value is -0.610. The Balaban J connectivity index is 2.08. The number of amides is 1.